The van der Waals surface area contributed by atoms with Crippen LogP contribution in [0, 0.1) is 9.39 Å². The van der Waals surface area contributed by atoms with E-state index >= 15 is 0 Å². The summed E-state index contributed by atoms with van der Waals surface area (Å²) in [6, 6.07) is 9.37. The first kappa shape index (κ1) is 15.6. The van der Waals surface area contributed by atoms with Crippen molar-refractivity contribution in [1.82, 2.24) is 0 Å². The number of nitrogens with two attached hydrogens (primary N) is 1. The highest BCUT2D eigenvalue weighted by Crippen LogP contribution is 2.24. The van der Waals surface area contributed by atoms with Gasteiger partial charge in [0.1, 0.15) is 5.82 Å². The molecule has 0 aliphatic rings. The Bertz CT molecular complexity index is 689. The summed E-state index contributed by atoms with van der Waals surface area (Å²) in [5.41, 5.74) is 8.07. The van der Waals surface area contributed by atoms with Crippen LogP contribution in [0.5, 0.6) is 0 Å². The lowest BCUT2D eigenvalue weighted by Crippen LogP contribution is -2.19. The number of nitrogens with one attached hydrogen (secondary N) is 1. The number of nitrogens with zero attached hydrogens (tertiary/aromatic N) is 1. The van der Waals surface area contributed by atoms with E-state index in [4.69, 9.17) is 5.73 Å². The molecule has 1 amide bonds. The zero-order chi connectivity index (χ0) is 15.6. The zero-order valence-corrected chi connectivity index (χ0v) is 13.8. The lowest BCUT2D eigenvalue weighted by Gasteiger charge is -2.18. The normalized spacial score (nSPS) is 10.3. The highest BCUT2D eigenvalue weighted by molar-refractivity contribution is 14.1. The van der Waals surface area contributed by atoms with E-state index < -0.39 is 0 Å². The first-order chi connectivity index (χ1) is 9.88. The number of hydrogen-bond donors (Lipinski definition) is 2. The quantitative estimate of drug-likeness (QED) is 0.615. The molecule has 3 N–H and O–H groups in total. The van der Waals surface area contributed by atoms with Crippen molar-refractivity contribution < 1.29 is 9.18 Å². The molecule has 0 fully saturated rings. The van der Waals surface area contributed by atoms with Crippen LogP contribution >= 0.6 is 22.6 Å². The summed E-state index contributed by atoms with van der Waals surface area (Å²) < 4.78 is 13.7. The molecule has 0 aliphatic heterocycles. The fourth-order valence-electron chi connectivity index (χ4n) is 1.91. The summed E-state index contributed by atoms with van der Waals surface area (Å²) in [4.78, 5) is 14.3. The van der Waals surface area contributed by atoms with Crippen LogP contribution in [-0.2, 0) is 0 Å². The predicted octanol–water partition coefficient (Wildman–Crippen LogP) is 3.33. The van der Waals surface area contributed by atoms with Gasteiger partial charge in [-0.2, -0.15) is 0 Å². The molecule has 0 spiro atoms. The third-order valence-corrected chi connectivity index (χ3v) is 3.82. The van der Waals surface area contributed by atoms with E-state index in [0.29, 0.717) is 20.5 Å². The number of amides is 1. The largest absolute Gasteiger partial charge is 0.399 e. The first-order valence-corrected chi connectivity index (χ1v) is 7.29. The number of carbonyl (C=O) groups excluding carboxylic acids is 1. The van der Waals surface area contributed by atoms with Gasteiger partial charge in [0.25, 0.3) is 5.91 Å². The molecule has 0 saturated heterocycles. The summed E-state index contributed by atoms with van der Waals surface area (Å²) in [7, 11) is 3.70. The van der Waals surface area contributed by atoms with Crippen LogP contribution in [0.4, 0.5) is 21.5 Å². The summed E-state index contributed by atoms with van der Waals surface area (Å²) >= 11 is 1.98. The van der Waals surface area contributed by atoms with Gasteiger partial charge in [0.15, 0.2) is 0 Å². The van der Waals surface area contributed by atoms with Crippen LogP contribution in [-0.4, -0.2) is 20.0 Å². The Kier molecular flexibility index (Phi) is 4.66. The van der Waals surface area contributed by atoms with Crippen LogP contribution in [0.1, 0.15) is 10.4 Å². The molecule has 0 aromatic heterocycles. The van der Waals surface area contributed by atoms with Gasteiger partial charge in [-0.15, -0.1) is 0 Å². The van der Waals surface area contributed by atoms with Crippen molar-refractivity contribution >= 4 is 45.6 Å². The van der Waals surface area contributed by atoms with Crippen molar-refractivity contribution in [1.29, 1.82) is 0 Å². The van der Waals surface area contributed by atoms with Gasteiger partial charge in [-0.05, 0) is 59.0 Å². The molecule has 21 heavy (non-hydrogen) atoms. The molecule has 0 radical (unpaired) electrons. The SMILES string of the molecule is CN(C)c1ccc(N)cc1C(=O)Nc1ccc(F)cc1I. The number of nitrogen functional groups attached to an aromatic ring is 1. The number of rotatable bonds is 3. The number of carbonyl (C=O) groups is 1. The van der Waals surface area contributed by atoms with Gasteiger partial charge < -0.3 is 16.0 Å². The molecule has 0 atom stereocenters. The Balaban J connectivity index is 2.34. The topological polar surface area (TPSA) is 58.4 Å². The predicted molar refractivity (Wildman–Crippen MR) is 92.3 cm³/mol. The lowest BCUT2D eigenvalue weighted by atomic mass is 10.1. The van der Waals surface area contributed by atoms with E-state index in [1.807, 2.05) is 41.6 Å². The minimum absolute atomic E-state index is 0.282. The Morgan fingerprint density at radius 1 is 1.24 bits per heavy atom. The van der Waals surface area contributed by atoms with Crippen LogP contribution in [0.25, 0.3) is 0 Å². The number of halogens is 2. The standard InChI is InChI=1S/C15H15FIN3O/c1-20(2)14-6-4-10(18)8-11(14)15(21)19-13-5-3-9(16)7-12(13)17/h3-8H,18H2,1-2H3,(H,19,21). The average Bonchev–Trinajstić information content (AvgIpc) is 2.41. The summed E-state index contributed by atoms with van der Waals surface area (Å²) in [5.74, 6) is -0.620. The number of benzene rings is 2. The molecular weight excluding hydrogens is 384 g/mol. The molecular formula is C15H15FIN3O. The fourth-order valence-corrected chi connectivity index (χ4v) is 2.52. The van der Waals surface area contributed by atoms with Gasteiger partial charge in [-0.1, -0.05) is 0 Å². The molecule has 0 unspecified atom stereocenters. The summed E-state index contributed by atoms with van der Waals surface area (Å²) in [5, 5.41) is 2.78. The monoisotopic (exact) mass is 399 g/mol. The molecule has 110 valence electrons. The van der Waals surface area contributed by atoms with E-state index in [2.05, 4.69) is 5.32 Å². The smallest absolute Gasteiger partial charge is 0.257 e. The van der Waals surface area contributed by atoms with Crippen LogP contribution in [0.3, 0.4) is 0 Å². The van der Waals surface area contributed by atoms with Crippen molar-refractivity contribution in [2.75, 3.05) is 30.0 Å². The zero-order valence-electron chi connectivity index (χ0n) is 11.7. The van der Waals surface area contributed by atoms with Gasteiger partial charge in [0.05, 0.1) is 11.3 Å². The van der Waals surface area contributed by atoms with E-state index in [-0.39, 0.29) is 11.7 Å². The fraction of sp³-hybridized carbons (Fsp3) is 0.133. The van der Waals surface area contributed by atoms with Gasteiger partial charge >= 0.3 is 0 Å². The van der Waals surface area contributed by atoms with Crippen molar-refractivity contribution in [3.05, 3.63) is 51.3 Å². The van der Waals surface area contributed by atoms with Gasteiger partial charge in [0, 0.05) is 29.0 Å². The maximum atomic E-state index is 13.1. The maximum Gasteiger partial charge on any atom is 0.257 e. The second-order valence-corrected chi connectivity index (χ2v) is 5.91. The van der Waals surface area contributed by atoms with Gasteiger partial charge in [-0.25, -0.2) is 4.39 Å². The van der Waals surface area contributed by atoms with E-state index in [1.165, 1.54) is 18.2 Å². The van der Waals surface area contributed by atoms with E-state index in [9.17, 15) is 9.18 Å². The minimum Gasteiger partial charge on any atom is -0.399 e. The molecule has 0 bridgehead atoms. The van der Waals surface area contributed by atoms with Crippen molar-refractivity contribution in [2.45, 2.75) is 0 Å². The third kappa shape index (κ3) is 3.63. The second-order valence-electron chi connectivity index (χ2n) is 4.75. The average molecular weight is 399 g/mol. The Labute approximate surface area is 136 Å². The molecule has 4 nitrogen and oxygen atoms in total. The van der Waals surface area contributed by atoms with Gasteiger partial charge in [0.2, 0.25) is 0 Å². The molecule has 6 heteroatoms. The Morgan fingerprint density at radius 2 is 1.95 bits per heavy atom. The minimum atomic E-state index is -0.338. The Morgan fingerprint density at radius 3 is 2.57 bits per heavy atom. The summed E-state index contributed by atoms with van der Waals surface area (Å²) in [6.45, 7) is 0. The highest BCUT2D eigenvalue weighted by atomic mass is 127. The van der Waals surface area contributed by atoms with Crippen molar-refractivity contribution in [2.24, 2.45) is 0 Å². The van der Waals surface area contributed by atoms with Crippen LogP contribution in [0.2, 0.25) is 0 Å². The van der Waals surface area contributed by atoms with Crippen LogP contribution in [0.15, 0.2) is 36.4 Å². The van der Waals surface area contributed by atoms with Crippen LogP contribution < -0.4 is 16.0 Å². The highest BCUT2D eigenvalue weighted by Gasteiger charge is 2.15. The molecule has 0 saturated carbocycles. The second kappa shape index (κ2) is 6.30. The van der Waals surface area contributed by atoms with E-state index in [0.717, 1.165) is 5.69 Å². The third-order valence-electron chi connectivity index (χ3n) is 2.93. The Hall–Kier alpha value is -1.83. The molecule has 2 aromatic rings. The molecule has 2 rings (SSSR count). The maximum absolute atomic E-state index is 13.1. The molecule has 0 aliphatic carbocycles. The number of anilines is 3. The first-order valence-electron chi connectivity index (χ1n) is 6.21. The summed E-state index contributed by atoms with van der Waals surface area (Å²) in [6.07, 6.45) is 0. The van der Waals surface area contributed by atoms with Crippen molar-refractivity contribution in [3.63, 3.8) is 0 Å². The molecule has 0 heterocycles. The number of hydrogen-bond acceptors (Lipinski definition) is 3. The lowest BCUT2D eigenvalue weighted by molar-refractivity contribution is 0.102. The van der Waals surface area contributed by atoms with Crippen molar-refractivity contribution in [3.8, 4) is 0 Å². The van der Waals surface area contributed by atoms with Gasteiger partial charge in [-0.3, -0.25) is 4.79 Å². The van der Waals surface area contributed by atoms with E-state index in [1.54, 1.807) is 18.2 Å². The molecule has 2 aromatic carbocycles.